The molecule has 1 aromatic heterocycles. The Hall–Kier alpha value is -1.85. The fourth-order valence-electron chi connectivity index (χ4n) is 3.04. The summed E-state index contributed by atoms with van der Waals surface area (Å²) in [6.45, 7) is 8.40. The van der Waals surface area contributed by atoms with Gasteiger partial charge in [-0.15, -0.1) is 0 Å². The Morgan fingerprint density at radius 1 is 1.26 bits per heavy atom. The fourth-order valence-corrected chi connectivity index (χ4v) is 3.04. The first-order chi connectivity index (χ1) is 10.8. The largest absolute Gasteiger partial charge is 0.369 e. The Balaban J connectivity index is 1.90. The molecule has 1 aliphatic carbocycles. The third-order valence-electron chi connectivity index (χ3n) is 4.61. The number of fused-ring (bicyclic) bond motifs is 1. The molecule has 0 unspecified atom stereocenters. The highest BCUT2D eigenvalue weighted by Crippen LogP contribution is 2.33. The smallest absolute Gasteiger partial charge is 0.242 e. The van der Waals surface area contributed by atoms with Crippen molar-refractivity contribution < 1.29 is 4.79 Å². The standard InChI is InChI=1S/C17H27N5O/c1-17(2,3)10-18-15-13-8-22(12-6-5-7-12)14(23)9-21(4)16(13)20-11-19-15/h11-12H,5-10H2,1-4H3,(H,18,19,20). The number of rotatable bonds is 3. The number of anilines is 2. The van der Waals surface area contributed by atoms with Gasteiger partial charge in [-0.2, -0.15) is 0 Å². The van der Waals surface area contributed by atoms with Crippen molar-refractivity contribution in [2.24, 2.45) is 5.41 Å². The van der Waals surface area contributed by atoms with Gasteiger partial charge in [0, 0.05) is 19.6 Å². The van der Waals surface area contributed by atoms with Crippen molar-refractivity contribution in [1.29, 1.82) is 0 Å². The average molecular weight is 317 g/mol. The van der Waals surface area contributed by atoms with Crippen LogP contribution in [0.2, 0.25) is 0 Å². The Morgan fingerprint density at radius 3 is 2.61 bits per heavy atom. The number of likely N-dealkylation sites (N-methyl/N-ethyl adjacent to an activating group) is 1. The summed E-state index contributed by atoms with van der Waals surface area (Å²) >= 11 is 0. The molecule has 0 bridgehead atoms. The van der Waals surface area contributed by atoms with Gasteiger partial charge in [0.1, 0.15) is 18.0 Å². The highest BCUT2D eigenvalue weighted by Gasteiger charge is 2.34. The molecular formula is C17H27N5O. The van der Waals surface area contributed by atoms with Crippen molar-refractivity contribution in [2.75, 3.05) is 30.4 Å². The van der Waals surface area contributed by atoms with Gasteiger partial charge >= 0.3 is 0 Å². The van der Waals surface area contributed by atoms with Crippen molar-refractivity contribution >= 4 is 17.5 Å². The van der Waals surface area contributed by atoms with Crippen LogP contribution in [0.1, 0.15) is 45.6 Å². The van der Waals surface area contributed by atoms with E-state index in [2.05, 4.69) is 36.1 Å². The Morgan fingerprint density at radius 2 is 2.00 bits per heavy atom. The molecule has 0 saturated heterocycles. The number of carbonyl (C=O) groups is 1. The van der Waals surface area contributed by atoms with Gasteiger partial charge in [-0.3, -0.25) is 4.79 Å². The molecule has 6 heteroatoms. The van der Waals surface area contributed by atoms with Crippen LogP contribution in [0.15, 0.2) is 6.33 Å². The molecule has 0 spiro atoms. The lowest BCUT2D eigenvalue weighted by Gasteiger charge is -2.37. The highest BCUT2D eigenvalue weighted by atomic mass is 16.2. The second-order valence-electron chi connectivity index (χ2n) is 7.90. The van der Waals surface area contributed by atoms with E-state index in [1.807, 2.05) is 16.8 Å². The number of hydrogen-bond donors (Lipinski definition) is 1. The van der Waals surface area contributed by atoms with E-state index in [9.17, 15) is 4.79 Å². The maximum Gasteiger partial charge on any atom is 0.242 e. The molecule has 1 aromatic rings. The van der Waals surface area contributed by atoms with Crippen LogP contribution in [-0.2, 0) is 11.3 Å². The average Bonchev–Trinajstić information content (AvgIpc) is 2.53. The summed E-state index contributed by atoms with van der Waals surface area (Å²) in [5.74, 6) is 1.92. The molecule has 0 atom stereocenters. The second kappa shape index (κ2) is 5.98. The summed E-state index contributed by atoms with van der Waals surface area (Å²) in [6, 6.07) is 0.387. The lowest BCUT2D eigenvalue weighted by molar-refractivity contribution is -0.134. The number of hydrogen-bond acceptors (Lipinski definition) is 5. The van der Waals surface area contributed by atoms with Gasteiger partial charge in [-0.25, -0.2) is 9.97 Å². The monoisotopic (exact) mass is 317 g/mol. The van der Waals surface area contributed by atoms with E-state index in [-0.39, 0.29) is 11.3 Å². The lowest BCUT2D eigenvalue weighted by Crippen LogP contribution is -2.45. The van der Waals surface area contributed by atoms with E-state index in [1.165, 1.54) is 6.42 Å². The number of nitrogens with zero attached hydrogens (tertiary/aromatic N) is 4. The third kappa shape index (κ3) is 3.41. The van der Waals surface area contributed by atoms with Crippen molar-refractivity contribution in [1.82, 2.24) is 14.9 Å². The first-order valence-corrected chi connectivity index (χ1v) is 8.43. The Kier molecular flexibility index (Phi) is 4.17. The van der Waals surface area contributed by atoms with Crippen LogP contribution >= 0.6 is 0 Å². The number of carbonyl (C=O) groups excluding carboxylic acids is 1. The van der Waals surface area contributed by atoms with E-state index in [0.29, 0.717) is 19.1 Å². The van der Waals surface area contributed by atoms with E-state index in [0.717, 1.165) is 36.6 Å². The van der Waals surface area contributed by atoms with Crippen LogP contribution in [0.5, 0.6) is 0 Å². The number of nitrogens with one attached hydrogen (secondary N) is 1. The highest BCUT2D eigenvalue weighted by molar-refractivity contribution is 5.84. The maximum absolute atomic E-state index is 12.6. The van der Waals surface area contributed by atoms with Gasteiger partial charge < -0.3 is 15.1 Å². The molecule has 1 amide bonds. The molecular weight excluding hydrogens is 290 g/mol. The SMILES string of the molecule is CN1CC(=O)N(C2CCC2)Cc2c(NCC(C)(C)C)ncnc21. The van der Waals surface area contributed by atoms with Crippen molar-refractivity contribution in [2.45, 2.75) is 52.6 Å². The number of amides is 1. The molecule has 0 radical (unpaired) electrons. The minimum atomic E-state index is 0.165. The van der Waals surface area contributed by atoms with Gasteiger partial charge in [0.2, 0.25) is 5.91 Å². The van der Waals surface area contributed by atoms with Crippen LogP contribution in [0, 0.1) is 5.41 Å². The third-order valence-corrected chi connectivity index (χ3v) is 4.61. The predicted molar refractivity (Wildman–Crippen MR) is 91.4 cm³/mol. The molecule has 2 aliphatic rings. The van der Waals surface area contributed by atoms with Crippen LogP contribution in [0.25, 0.3) is 0 Å². The summed E-state index contributed by atoms with van der Waals surface area (Å²) in [5, 5.41) is 3.46. The summed E-state index contributed by atoms with van der Waals surface area (Å²) < 4.78 is 0. The van der Waals surface area contributed by atoms with Crippen LogP contribution in [0.3, 0.4) is 0 Å². The first-order valence-electron chi connectivity index (χ1n) is 8.43. The van der Waals surface area contributed by atoms with Crippen LogP contribution in [0.4, 0.5) is 11.6 Å². The summed E-state index contributed by atoms with van der Waals surface area (Å²) in [6.07, 6.45) is 5.04. The molecule has 1 aliphatic heterocycles. The van der Waals surface area contributed by atoms with Crippen molar-refractivity contribution in [3.8, 4) is 0 Å². The van der Waals surface area contributed by atoms with Crippen molar-refractivity contribution in [3.05, 3.63) is 11.9 Å². The van der Waals surface area contributed by atoms with Crippen LogP contribution in [-0.4, -0.2) is 47.0 Å². The van der Waals surface area contributed by atoms with Gasteiger partial charge in [0.05, 0.1) is 18.7 Å². The van der Waals surface area contributed by atoms with E-state index >= 15 is 0 Å². The quantitative estimate of drug-likeness (QED) is 0.926. The van der Waals surface area contributed by atoms with Crippen LogP contribution < -0.4 is 10.2 Å². The fraction of sp³-hybridized carbons (Fsp3) is 0.706. The van der Waals surface area contributed by atoms with E-state index in [4.69, 9.17) is 0 Å². The molecule has 23 heavy (non-hydrogen) atoms. The number of aromatic nitrogens is 2. The predicted octanol–water partition coefficient (Wildman–Crippen LogP) is 2.27. The minimum Gasteiger partial charge on any atom is -0.369 e. The van der Waals surface area contributed by atoms with Gasteiger partial charge in [0.25, 0.3) is 0 Å². The molecule has 1 N–H and O–H groups in total. The topological polar surface area (TPSA) is 61.4 Å². The minimum absolute atomic E-state index is 0.165. The Labute approximate surface area is 138 Å². The summed E-state index contributed by atoms with van der Waals surface area (Å²) in [5.41, 5.74) is 1.20. The van der Waals surface area contributed by atoms with Gasteiger partial charge in [-0.1, -0.05) is 20.8 Å². The zero-order valence-electron chi connectivity index (χ0n) is 14.6. The van der Waals surface area contributed by atoms with Crippen molar-refractivity contribution in [3.63, 3.8) is 0 Å². The van der Waals surface area contributed by atoms with Gasteiger partial charge in [-0.05, 0) is 24.7 Å². The first kappa shape index (κ1) is 16.0. The zero-order valence-corrected chi connectivity index (χ0v) is 14.6. The van der Waals surface area contributed by atoms with E-state index < -0.39 is 0 Å². The lowest BCUT2D eigenvalue weighted by atomic mass is 9.91. The van der Waals surface area contributed by atoms with E-state index in [1.54, 1.807) is 6.33 Å². The maximum atomic E-state index is 12.6. The van der Waals surface area contributed by atoms with Gasteiger partial charge in [0.15, 0.2) is 0 Å². The molecule has 6 nitrogen and oxygen atoms in total. The molecule has 2 heterocycles. The Bertz CT molecular complexity index is 591. The zero-order chi connectivity index (χ0) is 16.6. The molecule has 1 fully saturated rings. The summed E-state index contributed by atoms with van der Waals surface area (Å²) in [7, 11) is 1.93. The second-order valence-corrected chi connectivity index (χ2v) is 7.90. The molecule has 1 saturated carbocycles. The molecule has 126 valence electrons. The summed E-state index contributed by atoms with van der Waals surface area (Å²) in [4.78, 5) is 25.4. The molecule has 3 rings (SSSR count). The molecule has 0 aromatic carbocycles. The normalized spacial score (nSPS) is 19.2.